The van der Waals surface area contributed by atoms with Crippen molar-refractivity contribution in [3.05, 3.63) is 78.4 Å². The molecule has 0 aromatic heterocycles. The molecule has 2 heterocycles. The zero-order valence-corrected chi connectivity index (χ0v) is 86.6. The van der Waals surface area contributed by atoms with Crippen molar-refractivity contribution in [3.63, 3.8) is 0 Å². The van der Waals surface area contributed by atoms with Gasteiger partial charge in [0.25, 0.3) is 0 Å². The summed E-state index contributed by atoms with van der Waals surface area (Å²) in [6, 6.07) is 19.7. The van der Waals surface area contributed by atoms with Crippen LogP contribution in [0.1, 0.15) is 264 Å². The van der Waals surface area contributed by atoms with Gasteiger partial charge in [-0.2, -0.15) is 0 Å². The molecule has 2 aliphatic rings. The maximum Gasteiger partial charge on any atom is 0.246 e. The summed E-state index contributed by atoms with van der Waals surface area (Å²) < 4.78 is 10.1. The number of amides is 7. The predicted molar refractivity (Wildman–Crippen MR) is 572 cm³/mol. The van der Waals surface area contributed by atoms with E-state index in [1.807, 2.05) is 6.07 Å². The molecule has 2 aromatic carbocycles. The molecule has 854 valence electrons. The maximum atomic E-state index is 13.8. The van der Waals surface area contributed by atoms with Gasteiger partial charge in [0.05, 0.1) is 26.4 Å². The first-order chi connectivity index (χ1) is 60.3. The first-order valence-electron chi connectivity index (χ1n) is 47.4. The Morgan fingerprint density at radius 3 is 1.67 bits per heavy atom. The fraction of sp³-hybridized carbons (Fsp3) is 0.750. The Kier molecular flexibility index (Phi) is 147. The van der Waals surface area contributed by atoms with E-state index in [2.05, 4.69) is 172 Å². The van der Waals surface area contributed by atoms with Gasteiger partial charge in [-0.05, 0) is 179 Å². The van der Waals surface area contributed by atoms with Crippen LogP contribution in [0, 0.1) is 0 Å². The molecule has 0 bridgehead atoms. The number of benzene rings is 2. The molecule has 2 aromatic rings. The lowest BCUT2D eigenvalue weighted by molar-refractivity contribution is -0.132. The van der Waals surface area contributed by atoms with E-state index in [9.17, 15) is 38.4 Å². The Hall–Kier alpha value is -7.87. The molecule has 50 nitrogen and oxygen atoms in total. The minimum atomic E-state index is -0.917. The number of hydrogen-bond donors (Lipinski definition) is 23. The Morgan fingerprint density at radius 1 is 0.549 bits per heavy atom. The molecule has 0 unspecified atom stereocenters. The molecule has 0 spiro atoms. The summed E-state index contributed by atoms with van der Waals surface area (Å²) in [7, 11) is 0. The number of nitrogens with zero attached hydrogens (tertiary/aromatic N) is 2. The van der Waals surface area contributed by atoms with Gasteiger partial charge < -0.3 is 212 Å². The average Bonchev–Trinajstić information content (AvgIpc) is 1.60. The van der Waals surface area contributed by atoms with Crippen molar-refractivity contribution in [1.29, 1.82) is 0 Å². The van der Waals surface area contributed by atoms with E-state index in [1.54, 1.807) is 0 Å². The lowest BCUT2D eigenvalue weighted by Crippen LogP contribution is -2.53. The smallest absolute Gasteiger partial charge is 0.246 e. The molecule has 2 aliphatic heterocycles. The van der Waals surface area contributed by atoms with Crippen molar-refractivity contribution < 1.29 is 130 Å². The second kappa shape index (κ2) is 120. The van der Waals surface area contributed by atoms with Crippen LogP contribution >= 0.6 is 0 Å². The van der Waals surface area contributed by atoms with E-state index < -0.39 is 41.8 Å². The van der Waals surface area contributed by atoms with E-state index in [-0.39, 0.29) is 174 Å². The molecule has 1 fully saturated rings. The number of amidine groups is 1. The highest BCUT2D eigenvalue weighted by atomic mass is 16.5. The summed E-state index contributed by atoms with van der Waals surface area (Å²) in [4.78, 5) is 98.6. The van der Waals surface area contributed by atoms with Crippen LogP contribution in [0.25, 0.3) is 5.57 Å². The molecule has 1 saturated heterocycles. The van der Waals surface area contributed by atoms with Gasteiger partial charge in [0, 0.05) is 115 Å². The number of nitrogens with one attached hydrogen (secondary N) is 15. The number of hydrazone groups is 1. The fourth-order valence-corrected chi connectivity index (χ4v) is 14.6. The number of ether oxygens (including phenoxy) is 2. The molecular formula is C92H211N25O25. The van der Waals surface area contributed by atoms with Crippen molar-refractivity contribution in [1.82, 2.24) is 104 Å². The normalized spacial score (nSPS) is 16.0. The fourth-order valence-electron chi connectivity index (χ4n) is 14.6. The quantitative estimate of drug-likeness (QED) is 0.0216. The van der Waals surface area contributed by atoms with Crippen LogP contribution in [0.4, 0.5) is 0 Å². The molecule has 4 rings (SSSR count). The number of nitrogens with two attached hydrogens (primary N) is 5. The summed E-state index contributed by atoms with van der Waals surface area (Å²) in [5.74, 6) is -1.54. The van der Waals surface area contributed by atoms with Crippen LogP contribution in [-0.2, 0) is 54.3 Å². The second-order valence-corrected chi connectivity index (χ2v) is 33.0. The SMILES string of the molecule is C=C(C[C@H]1CN[C@H](CN)CCCCNC(=O)CC[C@H](NC[C@H](CCCC)NC(=O)[C@H](CCCCN(CC)CC)NC(C)=O)CNCCCCCN[C@H](Cc2ccccc2)CN[C@@H](CCCN)CN1)c1ccccc1.C[C@H](NC(=O)CNC(=O)COCCOCCN)C(=O)N[C@@H](CCCN)C(N)=O.N.N.N.O.O.O.O.O.O.O.O.O.O.O.O.O.O.O.O=CCCCCCCCCCCCCCCCC1=NNNN1. The monoisotopic (exact) mass is 2070 g/mol. The van der Waals surface area contributed by atoms with Gasteiger partial charge >= 0.3 is 0 Å². The Balaban J connectivity index is -0.000000128. The van der Waals surface area contributed by atoms with Crippen LogP contribution in [0.2, 0.25) is 0 Å². The minimum absolute atomic E-state index is 0. The predicted octanol–water partition coefficient (Wildman–Crippen LogP) is -6.26. The molecule has 142 heavy (non-hydrogen) atoms. The summed E-state index contributed by atoms with van der Waals surface area (Å²) >= 11 is 0. The summed E-state index contributed by atoms with van der Waals surface area (Å²) in [6.07, 6.45) is 36.8. The topological polar surface area (TPSA) is 1060 Å². The number of hydrazine groups is 2. The second-order valence-electron chi connectivity index (χ2n) is 33.0. The lowest BCUT2D eigenvalue weighted by Gasteiger charge is -2.28. The van der Waals surface area contributed by atoms with E-state index in [1.165, 1.54) is 96.5 Å². The summed E-state index contributed by atoms with van der Waals surface area (Å²) in [5, 5.41) is 43.8. The first kappa shape index (κ1) is 173. The standard InChI is InChI=1S/C59H106N12O3.C17H34N4O.C16H32N6O6.3H3N.15H2O/c1-6-9-28-54(70-59(74)57(69-48(5)72)31-18-22-38-71(7-2)8-3)44-66-53-32-33-58(73)64-37-21-17-29-51(41-61)65-45-55(39-47(4)50-26-15-11-16-27-50)68-43-52(30-23-34-60)67-46-56(40-49-24-13-10-14-25-49)63-36-20-12-19-35-62-42-53;22-16-14-12-10-8-6-4-2-1-3-5-7-9-11-13-15-17-18-20-21-19-17;1-11(16(26)22-12(15(19)25)3-2-4-17)21-13(23)9-20-14(24)10-28-8-7-27-6-5-18;;;;;;;;;;;;;;;;;;/h10-11,13-16,24-27,51-57,62-63,65-68H,4,6-9,12,17-23,28-46,60-61H2,1-3,5H3,(H,64,73)(H,69,72)(H,70,74);16,20-21H,1-15H2,(H,18,19);11-12H,2-10,17-18H2,1H3,(H2,19,25)(H,20,24)(H,21,23)(H,22,26);3*1H3;15*1H2/t51-,52-,53-,54-,55-,56+,57-;;11-,12-;;;;;;;;;;;;;;;;;;/m0.0................../s1. The van der Waals surface area contributed by atoms with Gasteiger partial charge in [-0.3, -0.25) is 39.0 Å². The number of carbonyl (C=O) groups excluding carboxylic acids is 8. The van der Waals surface area contributed by atoms with Gasteiger partial charge in [0.15, 0.2) is 0 Å². The van der Waals surface area contributed by atoms with Crippen LogP contribution in [0.5, 0.6) is 0 Å². The van der Waals surface area contributed by atoms with E-state index >= 15 is 0 Å². The van der Waals surface area contributed by atoms with E-state index in [4.69, 9.17) is 38.1 Å². The van der Waals surface area contributed by atoms with E-state index in [0.717, 1.165) is 198 Å². The molecular weight excluding hydrogens is 1860 g/mol. The molecule has 0 aliphatic carbocycles. The minimum Gasteiger partial charge on any atom is -0.412 e. The van der Waals surface area contributed by atoms with Crippen molar-refractivity contribution in [3.8, 4) is 0 Å². The number of aldehydes is 1. The Labute approximate surface area is 846 Å². The van der Waals surface area contributed by atoms with E-state index in [0.29, 0.717) is 84.6 Å². The highest BCUT2D eigenvalue weighted by Crippen LogP contribution is 2.20. The zero-order chi connectivity index (χ0) is 90.5. The molecule has 0 saturated carbocycles. The lowest BCUT2D eigenvalue weighted by atomic mass is 9.99. The zero-order valence-electron chi connectivity index (χ0n) is 86.6. The number of unbranched alkanes of at least 4 members (excludes halogenated alkanes) is 15. The molecule has 7 amide bonds. The average molecular weight is 2070 g/mol. The molecule has 50 heteroatoms. The molecule has 9 atom stereocenters. The molecule has 64 N–H and O–H groups in total. The Bertz CT molecular complexity index is 3110. The van der Waals surface area contributed by atoms with Crippen LogP contribution in [-0.4, -0.2) is 326 Å². The van der Waals surface area contributed by atoms with Gasteiger partial charge in [-0.25, -0.2) is 5.53 Å². The van der Waals surface area contributed by atoms with Crippen molar-refractivity contribution in [2.75, 3.05) is 131 Å². The van der Waals surface area contributed by atoms with Crippen molar-refractivity contribution >= 4 is 59.0 Å². The van der Waals surface area contributed by atoms with Gasteiger partial charge in [0.2, 0.25) is 41.4 Å². The first-order valence-corrected chi connectivity index (χ1v) is 47.4. The van der Waals surface area contributed by atoms with Gasteiger partial charge in [0.1, 0.15) is 36.9 Å². The summed E-state index contributed by atoms with van der Waals surface area (Å²) in [6.45, 7) is 25.5. The number of carbonyl (C=O) groups is 8. The van der Waals surface area contributed by atoms with Gasteiger partial charge in [-0.1, -0.05) is 184 Å². The number of rotatable bonds is 57. The highest BCUT2D eigenvalue weighted by Gasteiger charge is 2.26. The maximum absolute atomic E-state index is 13.8. The van der Waals surface area contributed by atoms with Gasteiger partial charge in [-0.15, -0.1) is 10.6 Å². The van der Waals surface area contributed by atoms with Crippen molar-refractivity contribution in [2.24, 2.45) is 33.8 Å². The number of primary amides is 1. The Morgan fingerprint density at radius 2 is 1.11 bits per heavy atom. The number of hydrogen-bond acceptors (Lipinski definition) is 28. The van der Waals surface area contributed by atoms with Crippen LogP contribution in [0.3, 0.4) is 0 Å². The van der Waals surface area contributed by atoms with Crippen LogP contribution < -0.4 is 127 Å². The summed E-state index contributed by atoms with van der Waals surface area (Å²) in [5.41, 5.74) is 40.3. The van der Waals surface area contributed by atoms with Crippen LogP contribution in [0.15, 0.2) is 72.3 Å². The third kappa shape index (κ3) is 95.6. The largest absolute Gasteiger partial charge is 0.412 e. The third-order valence-corrected chi connectivity index (χ3v) is 22.2. The highest BCUT2D eigenvalue weighted by molar-refractivity contribution is 5.92. The molecule has 0 radical (unpaired) electrons. The van der Waals surface area contributed by atoms with Crippen molar-refractivity contribution in [2.45, 2.75) is 314 Å². The third-order valence-electron chi connectivity index (χ3n) is 22.2.